The Morgan fingerprint density at radius 3 is 2.44 bits per heavy atom. The van der Waals surface area contributed by atoms with Gasteiger partial charge in [0.2, 0.25) is 5.13 Å². The summed E-state index contributed by atoms with van der Waals surface area (Å²) in [4.78, 5) is 15.9. The maximum atomic E-state index is 12.1. The first-order chi connectivity index (χ1) is 12.1. The molecule has 0 aliphatic heterocycles. The number of nitrogens with one attached hydrogen (secondary N) is 2. The van der Waals surface area contributed by atoms with E-state index in [9.17, 15) is 13.6 Å². The standard InChI is InChI=1S/C15H11F2N5O2S/c16-13(17)24-11-3-1-10(2-4-11)19-14(23)20-15-22-21-12(25-15)9-5-7-18-8-6-9/h1-8,13H,(H2,19,20,22,23). The molecule has 0 aliphatic rings. The van der Waals surface area contributed by atoms with E-state index < -0.39 is 12.6 Å². The van der Waals surface area contributed by atoms with Crippen molar-refractivity contribution in [2.24, 2.45) is 0 Å². The monoisotopic (exact) mass is 363 g/mol. The van der Waals surface area contributed by atoms with Gasteiger partial charge in [-0.25, -0.2) is 4.79 Å². The lowest BCUT2D eigenvalue weighted by Crippen LogP contribution is -2.19. The number of rotatable bonds is 5. The van der Waals surface area contributed by atoms with Crippen molar-refractivity contribution < 1.29 is 18.3 Å². The van der Waals surface area contributed by atoms with Crippen LogP contribution in [0.15, 0.2) is 48.8 Å². The first-order valence-corrected chi connectivity index (χ1v) is 7.78. The molecule has 0 spiro atoms. The quantitative estimate of drug-likeness (QED) is 0.719. The van der Waals surface area contributed by atoms with Crippen molar-refractivity contribution in [3.05, 3.63) is 48.8 Å². The van der Waals surface area contributed by atoms with Crippen LogP contribution in [0.25, 0.3) is 10.6 Å². The molecule has 0 bridgehead atoms. The molecule has 2 N–H and O–H groups in total. The molecule has 0 aliphatic carbocycles. The van der Waals surface area contributed by atoms with Gasteiger partial charge in [-0.1, -0.05) is 11.3 Å². The molecule has 2 heterocycles. The number of nitrogens with zero attached hydrogens (tertiary/aromatic N) is 3. The largest absolute Gasteiger partial charge is 0.435 e. The molecule has 0 saturated carbocycles. The van der Waals surface area contributed by atoms with Crippen LogP contribution in [-0.2, 0) is 0 Å². The van der Waals surface area contributed by atoms with E-state index in [0.29, 0.717) is 15.8 Å². The lowest BCUT2D eigenvalue weighted by molar-refractivity contribution is -0.0498. The van der Waals surface area contributed by atoms with Crippen molar-refractivity contribution in [1.82, 2.24) is 15.2 Å². The second-order valence-corrected chi connectivity index (χ2v) is 5.61. The van der Waals surface area contributed by atoms with Crippen molar-refractivity contribution in [2.75, 3.05) is 10.6 Å². The zero-order valence-corrected chi connectivity index (χ0v) is 13.3. The average molecular weight is 363 g/mol. The predicted octanol–water partition coefficient (Wildman–Crippen LogP) is 3.85. The maximum absolute atomic E-state index is 12.1. The van der Waals surface area contributed by atoms with Crippen LogP contribution in [0.2, 0.25) is 0 Å². The van der Waals surface area contributed by atoms with E-state index in [4.69, 9.17) is 0 Å². The number of amides is 2. The van der Waals surface area contributed by atoms with E-state index in [1.54, 1.807) is 24.5 Å². The molecule has 0 atom stereocenters. The first-order valence-electron chi connectivity index (χ1n) is 6.97. The lowest BCUT2D eigenvalue weighted by atomic mass is 10.3. The summed E-state index contributed by atoms with van der Waals surface area (Å²) in [5.41, 5.74) is 1.26. The van der Waals surface area contributed by atoms with Gasteiger partial charge in [0.05, 0.1) is 0 Å². The van der Waals surface area contributed by atoms with Crippen molar-refractivity contribution in [3.63, 3.8) is 0 Å². The van der Waals surface area contributed by atoms with Crippen molar-refractivity contribution in [3.8, 4) is 16.3 Å². The Morgan fingerprint density at radius 2 is 1.76 bits per heavy atom. The highest BCUT2D eigenvalue weighted by atomic mass is 32.1. The molecule has 3 rings (SSSR count). The van der Waals surface area contributed by atoms with Crippen LogP contribution in [0, 0.1) is 0 Å². The highest BCUT2D eigenvalue weighted by Gasteiger charge is 2.10. The number of benzene rings is 1. The van der Waals surface area contributed by atoms with Crippen molar-refractivity contribution in [1.29, 1.82) is 0 Å². The number of halogens is 2. The molecule has 0 saturated heterocycles. The van der Waals surface area contributed by atoms with Gasteiger partial charge in [0.15, 0.2) is 0 Å². The van der Waals surface area contributed by atoms with Gasteiger partial charge in [-0.3, -0.25) is 10.3 Å². The number of hydrogen-bond donors (Lipinski definition) is 2. The highest BCUT2D eigenvalue weighted by molar-refractivity contribution is 7.18. The summed E-state index contributed by atoms with van der Waals surface area (Å²) in [5.74, 6) is 0.00655. The highest BCUT2D eigenvalue weighted by Crippen LogP contribution is 2.25. The molecule has 10 heteroatoms. The Bertz CT molecular complexity index is 843. The molecule has 2 aromatic heterocycles. The zero-order chi connectivity index (χ0) is 17.6. The van der Waals surface area contributed by atoms with E-state index in [0.717, 1.165) is 5.56 Å². The Hall–Kier alpha value is -3.14. The van der Waals surface area contributed by atoms with E-state index in [2.05, 4.69) is 30.6 Å². The fourth-order valence-corrected chi connectivity index (χ4v) is 2.61. The van der Waals surface area contributed by atoms with Crippen LogP contribution in [0.5, 0.6) is 5.75 Å². The fourth-order valence-electron chi connectivity index (χ4n) is 1.86. The van der Waals surface area contributed by atoms with Crippen LogP contribution in [0.4, 0.5) is 24.4 Å². The molecule has 2 amide bonds. The van der Waals surface area contributed by atoms with Crippen LogP contribution in [-0.4, -0.2) is 27.8 Å². The molecular formula is C15H11F2N5O2S. The number of carbonyl (C=O) groups is 1. The number of urea groups is 1. The van der Waals surface area contributed by atoms with Gasteiger partial charge in [-0.2, -0.15) is 8.78 Å². The first kappa shape index (κ1) is 16.7. The van der Waals surface area contributed by atoms with Gasteiger partial charge >= 0.3 is 12.6 Å². The van der Waals surface area contributed by atoms with E-state index in [-0.39, 0.29) is 5.75 Å². The van der Waals surface area contributed by atoms with Gasteiger partial charge in [0.1, 0.15) is 10.8 Å². The third kappa shape index (κ3) is 4.67. The summed E-state index contributed by atoms with van der Waals surface area (Å²) in [6.07, 6.45) is 3.27. The molecule has 7 nitrogen and oxygen atoms in total. The summed E-state index contributed by atoms with van der Waals surface area (Å²) in [6.45, 7) is -2.89. The minimum absolute atomic E-state index is 0.00655. The predicted molar refractivity (Wildman–Crippen MR) is 88.9 cm³/mol. The van der Waals surface area contributed by atoms with Gasteiger partial charge in [0, 0.05) is 23.6 Å². The van der Waals surface area contributed by atoms with Gasteiger partial charge < -0.3 is 10.1 Å². The van der Waals surface area contributed by atoms with Crippen molar-refractivity contribution in [2.45, 2.75) is 6.61 Å². The molecule has 0 unspecified atom stereocenters. The smallest absolute Gasteiger partial charge is 0.387 e. The van der Waals surface area contributed by atoms with Crippen LogP contribution < -0.4 is 15.4 Å². The van der Waals surface area contributed by atoms with Gasteiger partial charge in [-0.05, 0) is 36.4 Å². The topological polar surface area (TPSA) is 89.0 Å². The summed E-state index contributed by atoms with van der Waals surface area (Å²) in [6, 6.07) is 8.59. The average Bonchev–Trinajstić information content (AvgIpc) is 3.05. The number of aromatic nitrogens is 3. The molecule has 0 radical (unpaired) electrons. The van der Waals surface area contributed by atoms with Crippen LogP contribution in [0.1, 0.15) is 0 Å². The third-order valence-corrected chi connectivity index (χ3v) is 3.80. The molecular weight excluding hydrogens is 352 g/mol. The Kier molecular flexibility index (Phi) is 5.09. The van der Waals surface area contributed by atoms with Crippen LogP contribution in [0.3, 0.4) is 0 Å². The van der Waals surface area contributed by atoms with E-state index >= 15 is 0 Å². The van der Waals surface area contributed by atoms with Crippen molar-refractivity contribution >= 4 is 28.2 Å². The molecule has 25 heavy (non-hydrogen) atoms. The number of alkyl halides is 2. The van der Waals surface area contributed by atoms with Gasteiger partial charge in [-0.15, -0.1) is 10.2 Å². The van der Waals surface area contributed by atoms with Crippen LogP contribution >= 0.6 is 11.3 Å². The zero-order valence-electron chi connectivity index (χ0n) is 12.5. The van der Waals surface area contributed by atoms with E-state index in [1.165, 1.54) is 35.6 Å². The second kappa shape index (κ2) is 7.62. The Balaban J connectivity index is 1.58. The maximum Gasteiger partial charge on any atom is 0.387 e. The molecule has 1 aromatic carbocycles. The minimum atomic E-state index is -2.89. The number of pyridine rings is 1. The normalized spacial score (nSPS) is 10.5. The summed E-state index contributed by atoms with van der Waals surface area (Å²) < 4.78 is 28.4. The third-order valence-electron chi connectivity index (χ3n) is 2.91. The van der Waals surface area contributed by atoms with E-state index in [1.807, 2.05) is 0 Å². The molecule has 128 valence electrons. The Morgan fingerprint density at radius 1 is 1.04 bits per heavy atom. The number of ether oxygens (including phenoxy) is 1. The number of hydrogen-bond acceptors (Lipinski definition) is 6. The number of carbonyl (C=O) groups excluding carboxylic acids is 1. The summed E-state index contributed by atoms with van der Waals surface area (Å²) in [5, 5.41) is 14.0. The second-order valence-electron chi connectivity index (χ2n) is 4.63. The Labute approximate surface area is 144 Å². The SMILES string of the molecule is O=C(Nc1ccc(OC(F)F)cc1)Nc1nnc(-c2ccncc2)s1. The molecule has 0 fully saturated rings. The van der Waals surface area contributed by atoms with Gasteiger partial charge in [0.25, 0.3) is 0 Å². The molecule has 3 aromatic rings. The summed E-state index contributed by atoms with van der Waals surface area (Å²) in [7, 11) is 0. The minimum Gasteiger partial charge on any atom is -0.435 e. The number of anilines is 2. The summed E-state index contributed by atoms with van der Waals surface area (Å²) >= 11 is 1.21. The fraction of sp³-hybridized carbons (Fsp3) is 0.0667. The lowest BCUT2D eigenvalue weighted by Gasteiger charge is -2.07.